The van der Waals surface area contributed by atoms with Crippen molar-refractivity contribution in [3.8, 4) is 0 Å². The number of aromatic nitrogens is 1. The maximum Gasteiger partial charge on any atom is 0.126 e. The van der Waals surface area contributed by atoms with E-state index in [-0.39, 0.29) is 12.0 Å². The Labute approximate surface area is 104 Å². The highest BCUT2D eigenvalue weighted by Gasteiger charge is 2.11. The first-order valence-corrected chi connectivity index (χ1v) is 5.68. The van der Waals surface area contributed by atoms with Crippen LogP contribution in [-0.2, 0) is 6.42 Å². The lowest BCUT2D eigenvalue weighted by Crippen LogP contribution is -2.14. The van der Waals surface area contributed by atoms with Crippen LogP contribution in [0.15, 0.2) is 36.5 Å². The number of pyridine rings is 1. The summed E-state index contributed by atoms with van der Waals surface area (Å²) in [4.78, 5) is 4.13. The van der Waals surface area contributed by atoms with Gasteiger partial charge in [0.25, 0.3) is 0 Å². The van der Waals surface area contributed by atoms with E-state index in [1.54, 1.807) is 6.20 Å². The number of halogens is 2. The molecule has 0 saturated heterocycles. The Kier molecular flexibility index (Phi) is 3.67. The minimum atomic E-state index is -0.458. The summed E-state index contributed by atoms with van der Waals surface area (Å²) in [6.45, 7) is 1.88. The highest BCUT2D eigenvalue weighted by atomic mass is 19.1. The molecule has 0 aliphatic carbocycles. The first kappa shape index (κ1) is 12.6. The van der Waals surface area contributed by atoms with E-state index in [4.69, 9.17) is 5.73 Å². The van der Waals surface area contributed by atoms with E-state index in [0.29, 0.717) is 0 Å². The molecule has 1 atom stereocenters. The van der Waals surface area contributed by atoms with Crippen LogP contribution in [0.25, 0.3) is 0 Å². The standard InChI is InChI=1S/C14H14F2N2/c1-9-2-3-10(8-18-9)14(17)7-11-6-12(15)4-5-13(11)16/h2-6,8,14H,7,17H2,1H3. The third kappa shape index (κ3) is 2.90. The summed E-state index contributed by atoms with van der Waals surface area (Å²) in [5, 5.41) is 0. The van der Waals surface area contributed by atoms with Gasteiger partial charge < -0.3 is 5.73 Å². The van der Waals surface area contributed by atoms with Gasteiger partial charge in [-0.15, -0.1) is 0 Å². The van der Waals surface area contributed by atoms with Crippen LogP contribution in [0.1, 0.15) is 22.9 Å². The van der Waals surface area contributed by atoms with E-state index in [1.807, 2.05) is 19.1 Å². The van der Waals surface area contributed by atoms with E-state index in [2.05, 4.69) is 4.98 Å². The molecule has 1 unspecified atom stereocenters. The lowest BCUT2D eigenvalue weighted by Gasteiger charge is -2.12. The van der Waals surface area contributed by atoms with E-state index >= 15 is 0 Å². The molecule has 1 heterocycles. The summed E-state index contributed by atoms with van der Waals surface area (Å²) in [6.07, 6.45) is 1.91. The summed E-state index contributed by atoms with van der Waals surface area (Å²) in [5.74, 6) is -0.896. The molecular formula is C14H14F2N2. The molecular weight excluding hydrogens is 234 g/mol. The number of hydrogen-bond donors (Lipinski definition) is 1. The fraction of sp³-hybridized carbons (Fsp3) is 0.214. The van der Waals surface area contributed by atoms with Crippen molar-refractivity contribution < 1.29 is 8.78 Å². The Hall–Kier alpha value is -1.81. The van der Waals surface area contributed by atoms with Gasteiger partial charge in [0.1, 0.15) is 11.6 Å². The Morgan fingerprint density at radius 3 is 2.67 bits per heavy atom. The van der Waals surface area contributed by atoms with Gasteiger partial charge in [0.05, 0.1) is 0 Å². The quantitative estimate of drug-likeness (QED) is 0.907. The van der Waals surface area contributed by atoms with E-state index in [9.17, 15) is 8.78 Å². The van der Waals surface area contributed by atoms with Crippen LogP contribution < -0.4 is 5.73 Å². The molecule has 0 amide bonds. The normalized spacial score (nSPS) is 12.4. The monoisotopic (exact) mass is 248 g/mol. The van der Waals surface area contributed by atoms with Crippen molar-refractivity contribution in [3.63, 3.8) is 0 Å². The van der Waals surface area contributed by atoms with Crippen molar-refractivity contribution in [1.29, 1.82) is 0 Å². The molecule has 18 heavy (non-hydrogen) atoms. The molecule has 0 spiro atoms. The second-order valence-corrected chi connectivity index (χ2v) is 4.28. The van der Waals surface area contributed by atoms with Crippen LogP contribution in [-0.4, -0.2) is 4.98 Å². The van der Waals surface area contributed by atoms with Gasteiger partial charge in [-0.3, -0.25) is 4.98 Å². The van der Waals surface area contributed by atoms with Crippen molar-refractivity contribution in [2.45, 2.75) is 19.4 Å². The summed E-state index contributed by atoms with van der Waals surface area (Å²) in [6, 6.07) is 6.69. The Bertz CT molecular complexity index is 538. The van der Waals surface area contributed by atoms with Gasteiger partial charge in [0.15, 0.2) is 0 Å². The van der Waals surface area contributed by atoms with Gasteiger partial charge in [-0.25, -0.2) is 8.78 Å². The molecule has 2 rings (SSSR count). The SMILES string of the molecule is Cc1ccc(C(N)Cc2cc(F)ccc2F)cn1. The topological polar surface area (TPSA) is 38.9 Å². The van der Waals surface area contributed by atoms with Gasteiger partial charge >= 0.3 is 0 Å². The number of benzene rings is 1. The zero-order chi connectivity index (χ0) is 13.1. The molecule has 1 aromatic heterocycles. The largest absolute Gasteiger partial charge is 0.324 e. The second kappa shape index (κ2) is 5.23. The highest BCUT2D eigenvalue weighted by molar-refractivity contribution is 5.24. The van der Waals surface area contributed by atoms with E-state index in [1.165, 1.54) is 6.07 Å². The van der Waals surface area contributed by atoms with Gasteiger partial charge in [-0.2, -0.15) is 0 Å². The summed E-state index contributed by atoms with van der Waals surface area (Å²) in [7, 11) is 0. The zero-order valence-electron chi connectivity index (χ0n) is 10.0. The van der Waals surface area contributed by atoms with Crippen molar-refractivity contribution >= 4 is 0 Å². The first-order valence-electron chi connectivity index (χ1n) is 5.68. The van der Waals surface area contributed by atoms with Gasteiger partial charge in [-0.05, 0) is 48.7 Å². The molecule has 4 heteroatoms. The number of aryl methyl sites for hydroxylation is 1. The van der Waals surface area contributed by atoms with Crippen LogP contribution in [0, 0.1) is 18.6 Å². The lowest BCUT2D eigenvalue weighted by atomic mass is 10.0. The maximum absolute atomic E-state index is 13.5. The van der Waals surface area contributed by atoms with Gasteiger partial charge in [-0.1, -0.05) is 6.07 Å². The lowest BCUT2D eigenvalue weighted by molar-refractivity contribution is 0.572. The molecule has 0 aliphatic rings. The van der Waals surface area contributed by atoms with Crippen molar-refractivity contribution in [2.24, 2.45) is 5.73 Å². The fourth-order valence-corrected chi connectivity index (χ4v) is 1.75. The third-order valence-corrected chi connectivity index (χ3v) is 2.81. The van der Waals surface area contributed by atoms with Gasteiger partial charge in [0, 0.05) is 17.9 Å². The Balaban J connectivity index is 2.18. The molecule has 0 bridgehead atoms. The molecule has 94 valence electrons. The van der Waals surface area contributed by atoms with Crippen LogP contribution >= 0.6 is 0 Å². The minimum Gasteiger partial charge on any atom is -0.324 e. The third-order valence-electron chi connectivity index (χ3n) is 2.81. The predicted molar refractivity (Wildman–Crippen MR) is 66.0 cm³/mol. The van der Waals surface area contributed by atoms with Gasteiger partial charge in [0.2, 0.25) is 0 Å². The van der Waals surface area contributed by atoms with Crippen LogP contribution in [0.3, 0.4) is 0 Å². The molecule has 2 N–H and O–H groups in total. The number of nitrogens with two attached hydrogens (primary N) is 1. The smallest absolute Gasteiger partial charge is 0.126 e. The summed E-state index contributed by atoms with van der Waals surface area (Å²) >= 11 is 0. The molecule has 0 saturated carbocycles. The van der Waals surface area contributed by atoms with Crippen LogP contribution in [0.2, 0.25) is 0 Å². The van der Waals surface area contributed by atoms with E-state index in [0.717, 1.165) is 23.4 Å². The average molecular weight is 248 g/mol. The minimum absolute atomic E-state index is 0.244. The predicted octanol–water partition coefficient (Wildman–Crippen LogP) is 2.91. The molecule has 0 fully saturated rings. The zero-order valence-corrected chi connectivity index (χ0v) is 10.0. The molecule has 0 aliphatic heterocycles. The molecule has 1 aromatic carbocycles. The average Bonchev–Trinajstić information content (AvgIpc) is 2.34. The number of hydrogen-bond acceptors (Lipinski definition) is 2. The van der Waals surface area contributed by atoms with E-state index < -0.39 is 17.7 Å². The molecule has 2 nitrogen and oxygen atoms in total. The van der Waals surface area contributed by atoms with Crippen LogP contribution in [0.5, 0.6) is 0 Å². The Morgan fingerprint density at radius 1 is 1.22 bits per heavy atom. The summed E-state index contributed by atoms with van der Waals surface area (Å²) in [5.41, 5.74) is 7.95. The Morgan fingerprint density at radius 2 is 2.00 bits per heavy atom. The number of nitrogens with zero attached hydrogens (tertiary/aromatic N) is 1. The summed E-state index contributed by atoms with van der Waals surface area (Å²) < 4.78 is 26.5. The first-order chi connectivity index (χ1) is 8.56. The second-order valence-electron chi connectivity index (χ2n) is 4.28. The highest BCUT2D eigenvalue weighted by Crippen LogP contribution is 2.18. The van der Waals surface area contributed by atoms with Crippen molar-refractivity contribution in [1.82, 2.24) is 4.98 Å². The van der Waals surface area contributed by atoms with Crippen LogP contribution in [0.4, 0.5) is 8.78 Å². The van der Waals surface area contributed by atoms with Crippen molar-refractivity contribution in [2.75, 3.05) is 0 Å². The maximum atomic E-state index is 13.5. The molecule has 0 radical (unpaired) electrons. The van der Waals surface area contributed by atoms with Crippen molar-refractivity contribution in [3.05, 3.63) is 65.0 Å². The number of rotatable bonds is 3. The molecule has 2 aromatic rings. The fourth-order valence-electron chi connectivity index (χ4n) is 1.75.